The van der Waals surface area contributed by atoms with E-state index in [0.717, 1.165) is 24.5 Å². The molecule has 2 aliphatic rings. The van der Waals surface area contributed by atoms with E-state index in [1.165, 1.54) is 11.8 Å². The lowest BCUT2D eigenvalue weighted by atomic mass is 10.1. The highest BCUT2D eigenvalue weighted by Crippen LogP contribution is 2.25. The lowest BCUT2D eigenvalue weighted by Gasteiger charge is -2.15. The Hall–Kier alpha value is -2.20. The molecule has 3 heterocycles. The predicted molar refractivity (Wildman–Crippen MR) is 115 cm³/mol. The number of amides is 1. The second kappa shape index (κ2) is 8.50. The Morgan fingerprint density at radius 3 is 2.63 bits per heavy atom. The van der Waals surface area contributed by atoms with Crippen LogP contribution in [0.3, 0.4) is 0 Å². The lowest BCUT2D eigenvalue weighted by Crippen LogP contribution is -2.23. The van der Waals surface area contributed by atoms with Gasteiger partial charge in [-0.15, -0.1) is 10.2 Å². The van der Waals surface area contributed by atoms with Gasteiger partial charge in [0.05, 0.1) is 17.3 Å². The Balaban J connectivity index is 1.34. The highest BCUT2D eigenvalue weighted by molar-refractivity contribution is 7.99. The Morgan fingerprint density at radius 2 is 2.00 bits per heavy atom. The number of carbonyl (C=O) groups excluding carboxylic acids is 2. The maximum atomic E-state index is 12.6. The molecule has 4 rings (SSSR count). The van der Waals surface area contributed by atoms with E-state index >= 15 is 0 Å². The molecule has 160 valence electrons. The average Bonchev–Trinajstić information content (AvgIpc) is 3.40. The van der Waals surface area contributed by atoms with Crippen LogP contribution in [0.2, 0.25) is 0 Å². The molecule has 0 bridgehead atoms. The van der Waals surface area contributed by atoms with Gasteiger partial charge in [0.2, 0.25) is 5.91 Å². The normalized spacial score (nSPS) is 20.8. The zero-order valence-electron chi connectivity index (χ0n) is 16.8. The van der Waals surface area contributed by atoms with Gasteiger partial charge in [-0.2, -0.15) is 0 Å². The van der Waals surface area contributed by atoms with Gasteiger partial charge in [-0.25, -0.2) is 8.42 Å². The van der Waals surface area contributed by atoms with Crippen molar-refractivity contribution in [1.82, 2.24) is 14.8 Å². The molecule has 0 aliphatic carbocycles. The van der Waals surface area contributed by atoms with E-state index in [1.807, 2.05) is 23.7 Å². The summed E-state index contributed by atoms with van der Waals surface area (Å²) in [6, 6.07) is 7.15. The summed E-state index contributed by atoms with van der Waals surface area (Å²) in [5.74, 6) is 1.61. The third-order valence-corrected chi connectivity index (χ3v) is 8.49. The topological polar surface area (TPSA) is 102 Å². The van der Waals surface area contributed by atoms with Crippen LogP contribution >= 0.6 is 11.8 Å². The molecule has 1 aromatic carbocycles. The number of ketones is 1. The first-order valence-electron chi connectivity index (χ1n) is 9.97. The van der Waals surface area contributed by atoms with Crippen molar-refractivity contribution < 1.29 is 18.0 Å². The number of anilines is 1. The second-order valence-electron chi connectivity index (χ2n) is 7.84. The molecular formula is C20H24N4O4S2. The van der Waals surface area contributed by atoms with Crippen LogP contribution in [0.15, 0.2) is 29.4 Å². The van der Waals surface area contributed by atoms with Crippen LogP contribution in [0, 0.1) is 5.92 Å². The fourth-order valence-electron chi connectivity index (χ4n) is 3.90. The number of hydrogen-bond acceptors (Lipinski definition) is 7. The zero-order valence-corrected chi connectivity index (χ0v) is 18.4. The number of sulfone groups is 1. The van der Waals surface area contributed by atoms with E-state index in [4.69, 9.17) is 0 Å². The van der Waals surface area contributed by atoms with Gasteiger partial charge in [0.15, 0.2) is 20.8 Å². The molecular weight excluding hydrogens is 424 g/mol. The van der Waals surface area contributed by atoms with Crippen LogP contribution < -0.4 is 4.90 Å². The molecule has 30 heavy (non-hydrogen) atoms. The summed E-state index contributed by atoms with van der Waals surface area (Å²) in [6.45, 7) is 0.725. The third kappa shape index (κ3) is 4.59. The molecule has 10 heteroatoms. The maximum absolute atomic E-state index is 12.6. The number of Topliss-reactive ketones (excluding diaryl/α,β-unsaturated/α-hetero) is 1. The van der Waals surface area contributed by atoms with Gasteiger partial charge in [-0.1, -0.05) is 11.8 Å². The van der Waals surface area contributed by atoms with Crippen molar-refractivity contribution in [2.24, 2.45) is 13.0 Å². The first-order chi connectivity index (χ1) is 14.3. The number of benzene rings is 1. The summed E-state index contributed by atoms with van der Waals surface area (Å²) in [4.78, 5) is 26.1. The molecule has 0 radical (unpaired) electrons. The summed E-state index contributed by atoms with van der Waals surface area (Å²) < 4.78 is 25.1. The number of hydrogen-bond donors (Lipinski definition) is 0. The summed E-state index contributed by atoms with van der Waals surface area (Å²) in [7, 11) is -1.07. The van der Waals surface area contributed by atoms with Crippen molar-refractivity contribution in [1.29, 1.82) is 0 Å². The molecule has 1 amide bonds. The van der Waals surface area contributed by atoms with Crippen molar-refractivity contribution in [3.8, 4) is 0 Å². The number of nitrogens with zero attached hydrogens (tertiary/aromatic N) is 4. The Labute approximate surface area is 180 Å². The highest BCUT2D eigenvalue weighted by Gasteiger charge is 2.29. The summed E-state index contributed by atoms with van der Waals surface area (Å²) >= 11 is 1.32. The number of carbonyl (C=O) groups is 2. The van der Waals surface area contributed by atoms with Crippen LogP contribution in [-0.2, 0) is 28.1 Å². The van der Waals surface area contributed by atoms with Crippen molar-refractivity contribution in [3.05, 3.63) is 35.7 Å². The third-order valence-electron chi connectivity index (χ3n) is 5.63. The van der Waals surface area contributed by atoms with Gasteiger partial charge < -0.3 is 9.47 Å². The van der Waals surface area contributed by atoms with Gasteiger partial charge >= 0.3 is 0 Å². The Kier molecular flexibility index (Phi) is 5.97. The Morgan fingerprint density at radius 1 is 1.23 bits per heavy atom. The SMILES string of the molecule is Cn1c(CC2CCS(=O)(=O)C2)nnc1SCC(=O)c1ccc(N2CCCC2=O)cc1. The predicted octanol–water partition coefficient (Wildman–Crippen LogP) is 1.89. The van der Waals surface area contributed by atoms with Crippen molar-refractivity contribution in [2.75, 3.05) is 28.7 Å². The number of thioether (sulfide) groups is 1. The minimum atomic E-state index is -2.91. The van der Waals surface area contributed by atoms with Crippen molar-refractivity contribution in [3.63, 3.8) is 0 Å². The van der Waals surface area contributed by atoms with Crippen LogP contribution in [0.4, 0.5) is 5.69 Å². The smallest absolute Gasteiger partial charge is 0.227 e. The molecule has 0 spiro atoms. The molecule has 8 nitrogen and oxygen atoms in total. The fourth-order valence-corrected chi connectivity index (χ4v) is 6.59. The van der Waals surface area contributed by atoms with Gasteiger partial charge in [-0.3, -0.25) is 9.59 Å². The second-order valence-corrected chi connectivity index (χ2v) is 11.0. The van der Waals surface area contributed by atoms with E-state index in [2.05, 4.69) is 10.2 Å². The van der Waals surface area contributed by atoms with E-state index in [-0.39, 0.29) is 34.9 Å². The largest absolute Gasteiger partial charge is 0.312 e. The number of aromatic nitrogens is 3. The molecule has 1 unspecified atom stereocenters. The number of rotatable bonds is 7. The van der Waals surface area contributed by atoms with E-state index < -0.39 is 9.84 Å². The summed E-state index contributed by atoms with van der Waals surface area (Å²) in [5, 5.41) is 8.99. The van der Waals surface area contributed by atoms with Gasteiger partial charge in [0.1, 0.15) is 5.82 Å². The summed E-state index contributed by atoms with van der Waals surface area (Å²) in [5.41, 5.74) is 1.42. The standard InChI is InChI=1S/C20H24N4O4S2/c1-23-18(11-14-8-10-30(27,28)13-14)21-22-20(23)29-12-17(25)15-4-6-16(7-5-15)24-9-2-3-19(24)26/h4-7,14H,2-3,8-13H2,1H3. The average molecular weight is 449 g/mol. The van der Waals surface area contributed by atoms with Crippen molar-refractivity contribution in [2.45, 2.75) is 30.8 Å². The van der Waals surface area contributed by atoms with E-state index in [9.17, 15) is 18.0 Å². The molecule has 2 aromatic rings. The molecule has 2 aliphatic heterocycles. The minimum absolute atomic E-state index is 0.0225. The summed E-state index contributed by atoms with van der Waals surface area (Å²) in [6.07, 6.45) is 2.68. The van der Waals surface area contributed by atoms with Crippen LogP contribution in [0.25, 0.3) is 0 Å². The lowest BCUT2D eigenvalue weighted by molar-refractivity contribution is -0.117. The molecule has 0 saturated carbocycles. The van der Waals surface area contributed by atoms with Gasteiger partial charge in [0, 0.05) is 37.7 Å². The van der Waals surface area contributed by atoms with E-state index in [1.54, 1.807) is 17.0 Å². The molecule has 1 aromatic heterocycles. The Bertz CT molecular complexity index is 1060. The fraction of sp³-hybridized carbons (Fsp3) is 0.500. The van der Waals surface area contributed by atoms with E-state index in [0.29, 0.717) is 30.0 Å². The molecule has 1 atom stereocenters. The first-order valence-corrected chi connectivity index (χ1v) is 12.8. The molecule has 2 fully saturated rings. The van der Waals surface area contributed by atoms with Crippen molar-refractivity contribution >= 4 is 39.0 Å². The monoisotopic (exact) mass is 448 g/mol. The van der Waals surface area contributed by atoms with Gasteiger partial charge in [0.25, 0.3) is 0 Å². The first kappa shape index (κ1) is 21.0. The quantitative estimate of drug-likeness (QED) is 0.471. The highest BCUT2D eigenvalue weighted by atomic mass is 32.2. The van der Waals surface area contributed by atoms with Crippen LogP contribution in [0.5, 0.6) is 0 Å². The molecule has 2 saturated heterocycles. The minimum Gasteiger partial charge on any atom is -0.312 e. The zero-order chi connectivity index (χ0) is 21.3. The molecule has 0 N–H and O–H groups in total. The maximum Gasteiger partial charge on any atom is 0.227 e. The van der Waals surface area contributed by atoms with Gasteiger partial charge in [-0.05, 0) is 43.0 Å². The van der Waals surface area contributed by atoms with Crippen LogP contribution in [-0.4, -0.2) is 58.7 Å². The van der Waals surface area contributed by atoms with Crippen LogP contribution in [0.1, 0.15) is 35.4 Å².